The lowest BCUT2D eigenvalue weighted by atomic mass is 10.0. The lowest BCUT2D eigenvalue weighted by Crippen LogP contribution is -2.35. The number of amides is 2. The monoisotopic (exact) mass is 484 g/mol. The summed E-state index contributed by atoms with van der Waals surface area (Å²) in [5.74, 6) is 0.951. The Morgan fingerprint density at radius 1 is 0.829 bits per heavy atom. The van der Waals surface area contributed by atoms with Crippen molar-refractivity contribution in [2.45, 2.75) is 38.0 Å². The Morgan fingerprint density at radius 2 is 1.46 bits per heavy atom. The number of carbonyl (C=O) groups is 1. The minimum atomic E-state index is -0.122. The van der Waals surface area contributed by atoms with Gasteiger partial charge in [0.15, 0.2) is 5.16 Å². The zero-order valence-electron chi connectivity index (χ0n) is 20.1. The van der Waals surface area contributed by atoms with Crippen LogP contribution in [0.1, 0.15) is 25.3 Å². The third-order valence-corrected chi connectivity index (χ3v) is 6.79. The minimum absolute atomic E-state index is 0.122. The van der Waals surface area contributed by atoms with Gasteiger partial charge >= 0.3 is 6.03 Å². The Bertz CT molecular complexity index is 1190. The van der Waals surface area contributed by atoms with Gasteiger partial charge in [0.05, 0.1) is 11.4 Å². The van der Waals surface area contributed by atoms with Crippen LogP contribution in [0.25, 0.3) is 22.5 Å². The molecule has 3 aromatic carbocycles. The predicted molar refractivity (Wildman–Crippen MR) is 145 cm³/mol. The number of urea groups is 1. The van der Waals surface area contributed by atoms with Crippen LogP contribution in [0.3, 0.4) is 0 Å². The molecule has 0 aliphatic heterocycles. The van der Waals surface area contributed by atoms with Crippen LogP contribution < -0.4 is 10.6 Å². The highest BCUT2D eigenvalue weighted by molar-refractivity contribution is 7.99. The van der Waals surface area contributed by atoms with Gasteiger partial charge in [-0.2, -0.15) is 0 Å². The van der Waals surface area contributed by atoms with E-state index in [0.29, 0.717) is 13.1 Å². The largest absolute Gasteiger partial charge is 0.338 e. The standard InChI is InChI=1S/C29H32N4OS/c1-2-33-27(25-18-10-5-11-19-25)26(24-16-8-4-9-17-24)32-29(33)35-21-13-12-20-30-28(34)31-22-23-14-6-3-7-15-23/h3-11,14-19H,2,12-13,20-22H2,1H3,(H2,30,31,34). The molecule has 4 aromatic rings. The number of carbonyl (C=O) groups excluding carboxylic acids is 1. The van der Waals surface area contributed by atoms with E-state index < -0.39 is 0 Å². The van der Waals surface area contributed by atoms with E-state index in [9.17, 15) is 4.79 Å². The number of thioether (sulfide) groups is 1. The van der Waals surface area contributed by atoms with Crippen LogP contribution in [0.5, 0.6) is 0 Å². The molecule has 180 valence electrons. The van der Waals surface area contributed by atoms with Crippen molar-refractivity contribution in [3.8, 4) is 22.5 Å². The molecule has 1 aromatic heterocycles. The highest BCUT2D eigenvalue weighted by atomic mass is 32.2. The van der Waals surface area contributed by atoms with Gasteiger partial charge in [-0.15, -0.1) is 0 Å². The lowest BCUT2D eigenvalue weighted by Gasteiger charge is -2.11. The number of hydrogen-bond donors (Lipinski definition) is 2. The molecule has 0 aliphatic rings. The molecule has 1 heterocycles. The third-order valence-electron chi connectivity index (χ3n) is 5.73. The second kappa shape index (κ2) is 12.8. The van der Waals surface area contributed by atoms with Crippen LogP contribution in [-0.4, -0.2) is 27.9 Å². The summed E-state index contributed by atoms with van der Waals surface area (Å²) in [5, 5.41) is 6.89. The van der Waals surface area contributed by atoms with E-state index in [1.807, 2.05) is 42.5 Å². The Kier molecular flexibility index (Phi) is 9.01. The number of imidazole rings is 1. The first-order valence-corrected chi connectivity index (χ1v) is 13.1. The number of aromatic nitrogens is 2. The van der Waals surface area contributed by atoms with E-state index in [1.54, 1.807) is 11.8 Å². The molecule has 0 bridgehead atoms. The van der Waals surface area contributed by atoms with Gasteiger partial charge in [-0.05, 0) is 25.3 Å². The molecule has 0 spiro atoms. The normalized spacial score (nSPS) is 10.8. The van der Waals surface area contributed by atoms with Gasteiger partial charge in [-0.25, -0.2) is 9.78 Å². The van der Waals surface area contributed by atoms with Crippen molar-refractivity contribution in [2.75, 3.05) is 12.3 Å². The molecule has 0 radical (unpaired) electrons. The Morgan fingerprint density at radius 3 is 2.11 bits per heavy atom. The van der Waals surface area contributed by atoms with E-state index >= 15 is 0 Å². The molecule has 2 amide bonds. The fourth-order valence-corrected chi connectivity index (χ4v) is 5.02. The minimum Gasteiger partial charge on any atom is -0.338 e. The predicted octanol–water partition coefficient (Wildman–Crippen LogP) is 6.61. The van der Waals surface area contributed by atoms with Crippen molar-refractivity contribution in [3.05, 3.63) is 96.6 Å². The first kappa shape index (κ1) is 24.6. The molecule has 4 rings (SSSR count). The number of benzene rings is 3. The van der Waals surface area contributed by atoms with E-state index in [1.165, 1.54) is 11.3 Å². The highest BCUT2D eigenvalue weighted by Gasteiger charge is 2.19. The van der Waals surface area contributed by atoms with Crippen LogP contribution in [-0.2, 0) is 13.1 Å². The highest BCUT2D eigenvalue weighted by Crippen LogP contribution is 2.36. The lowest BCUT2D eigenvalue weighted by molar-refractivity contribution is 0.240. The fourth-order valence-electron chi connectivity index (χ4n) is 3.96. The van der Waals surface area contributed by atoms with Crippen molar-refractivity contribution in [3.63, 3.8) is 0 Å². The quantitative estimate of drug-likeness (QED) is 0.186. The first-order chi connectivity index (χ1) is 17.3. The molecular weight excluding hydrogens is 452 g/mol. The number of nitrogens with zero attached hydrogens (tertiary/aromatic N) is 2. The van der Waals surface area contributed by atoms with Crippen molar-refractivity contribution in [2.24, 2.45) is 0 Å². The zero-order chi connectivity index (χ0) is 24.3. The van der Waals surface area contributed by atoms with Gasteiger partial charge < -0.3 is 15.2 Å². The van der Waals surface area contributed by atoms with E-state index in [-0.39, 0.29) is 6.03 Å². The molecule has 6 heteroatoms. The van der Waals surface area contributed by atoms with Gasteiger partial charge in [0.2, 0.25) is 0 Å². The summed E-state index contributed by atoms with van der Waals surface area (Å²) < 4.78 is 2.32. The van der Waals surface area contributed by atoms with Crippen molar-refractivity contribution in [1.29, 1.82) is 0 Å². The summed E-state index contributed by atoms with van der Waals surface area (Å²) in [7, 11) is 0. The molecule has 0 fully saturated rings. The molecule has 0 unspecified atom stereocenters. The maximum absolute atomic E-state index is 12.0. The van der Waals surface area contributed by atoms with Gasteiger partial charge in [0.1, 0.15) is 0 Å². The van der Waals surface area contributed by atoms with E-state index in [4.69, 9.17) is 4.98 Å². The van der Waals surface area contributed by atoms with Gasteiger partial charge in [0.25, 0.3) is 0 Å². The SMILES string of the molecule is CCn1c(SCCCCNC(=O)NCc2ccccc2)nc(-c2ccccc2)c1-c1ccccc1. The molecule has 0 atom stereocenters. The molecule has 35 heavy (non-hydrogen) atoms. The zero-order valence-corrected chi connectivity index (χ0v) is 20.9. The summed E-state index contributed by atoms with van der Waals surface area (Å²) >= 11 is 1.79. The first-order valence-electron chi connectivity index (χ1n) is 12.2. The smallest absolute Gasteiger partial charge is 0.315 e. The summed E-state index contributed by atoms with van der Waals surface area (Å²) in [5.41, 5.74) is 5.59. The average molecular weight is 485 g/mol. The number of rotatable bonds is 11. The third kappa shape index (κ3) is 6.76. The average Bonchev–Trinajstić information content (AvgIpc) is 3.29. The molecule has 0 aliphatic carbocycles. The van der Waals surface area contributed by atoms with Gasteiger partial charge in [-0.3, -0.25) is 0 Å². The summed E-state index contributed by atoms with van der Waals surface area (Å²) in [6.07, 6.45) is 1.93. The van der Waals surface area contributed by atoms with Gasteiger partial charge in [-0.1, -0.05) is 103 Å². The molecular formula is C29H32N4OS. The van der Waals surface area contributed by atoms with E-state index in [2.05, 4.69) is 70.7 Å². The van der Waals surface area contributed by atoms with Crippen LogP contribution >= 0.6 is 11.8 Å². The Balaban J connectivity index is 1.32. The summed E-state index contributed by atoms with van der Waals surface area (Å²) in [6.45, 7) is 4.23. The topological polar surface area (TPSA) is 59.0 Å². The van der Waals surface area contributed by atoms with Crippen molar-refractivity contribution < 1.29 is 4.79 Å². The Labute approximate surface area is 212 Å². The van der Waals surface area contributed by atoms with Crippen LogP contribution in [0.4, 0.5) is 4.79 Å². The number of unbranched alkanes of at least 4 members (excludes halogenated alkanes) is 1. The van der Waals surface area contributed by atoms with Crippen molar-refractivity contribution >= 4 is 17.8 Å². The molecule has 5 nitrogen and oxygen atoms in total. The second-order valence-electron chi connectivity index (χ2n) is 8.22. The van der Waals surface area contributed by atoms with Crippen LogP contribution in [0.2, 0.25) is 0 Å². The Hall–Kier alpha value is -3.51. The van der Waals surface area contributed by atoms with Gasteiger partial charge in [0, 0.05) is 36.5 Å². The molecule has 0 saturated heterocycles. The summed E-state index contributed by atoms with van der Waals surface area (Å²) in [6, 6.07) is 30.7. The maximum atomic E-state index is 12.0. The number of nitrogens with one attached hydrogen (secondary N) is 2. The number of hydrogen-bond acceptors (Lipinski definition) is 3. The fraction of sp³-hybridized carbons (Fsp3) is 0.241. The van der Waals surface area contributed by atoms with Crippen molar-refractivity contribution in [1.82, 2.24) is 20.2 Å². The van der Waals surface area contributed by atoms with E-state index in [0.717, 1.165) is 47.1 Å². The summed E-state index contributed by atoms with van der Waals surface area (Å²) in [4.78, 5) is 17.1. The maximum Gasteiger partial charge on any atom is 0.315 e. The van der Waals surface area contributed by atoms with Crippen LogP contribution in [0, 0.1) is 0 Å². The molecule has 0 saturated carbocycles. The second-order valence-corrected chi connectivity index (χ2v) is 9.28. The molecule has 2 N–H and O–H groups in total. The van der Waals surface area contributed by atoms with Crippen LogP contribution in [0.15, 0.2) is 96.2 Å².